The van der Waals surface area contributed by atoms with Crippen LogP contribution in [0.5, 0.6) is 0 Å². The van der Waals surface area contributed by atoms with Gasteiger partial charge in [-0.2, -0.15) is 0 Å². The Morgan fingerprint density at radius 3 is 2.31 bits per heavy atom. The van der Waals surface area contributed by atoms with Crippen LogP contribution in [0.4, 0.5) is 0 Å². The molecule has 0 spiro atoms. The fraction of sp³-hybridized carbons (Fsp3) is 0.500. The lowest BCUT2D eigenvalue weighted by Crippen LogP contribution is -1.96. The molecular formula is C10H13Cl2N. The van der Waals surface area contributed by atoms with Gasteiger partial charge in [-0.3, -0.25) is 4.98 Å². The zero-order valence-electron chi connectivity index (χ0n) is 7.85. The van der Waals surface area contributed by atoms with Gasteiger partial charge >= 0.3 is 0 Å². The molecular weight excluding hydrogens is 205 g/mol. The van der Waals surface area contributed by atoms with Gasteiger partial charge in [0.1, 0.15) is 0 Å². The van der Waals surface area contributed by atoms with Gasteiger partial charge in [0.25, 0.3) is 0 Å². The maximum Gasteiger partial charge on any atom is 0.0638 e. The highest BCUT2D eigenvalue weighted by Crippen LogP contribution is 2.32. The summed E-state index contributed by atoms with van der Waals surface area (Å²) in [5, 5.41) is 1.35. The van der Waals surface area contributed by atoms with Crippen LogP contribution in [0.1, 0.15) is 38.2 Å². The van der Waals surface area contributed by atoms with Gasteiger partial charge in [0, 0.05) is 12.4 Å². The number of nitrogens with zero attached hydrogens (tertiary/aromatic N) is 1. The lowest BCUT2D eigenvalue weighted by molar-refractivity contribution is 0.664. The number of hydrogen-bond acceptors (Lipinski definition) is 1. The Morgan fingerprint density at radius 2 is 1.85 bits per heavy atom. The van der Waals surface area contributed by atoms with E-state index in [1.807, 2.05) is 0 Å². The standard InChI is InChI=1S/C10H13Cl2N/c1-3-4-7(2)10-8(11)5-13-6-9(10)12/h5-7H,3-4H2,1-2H3. The second-order valence-electron chi connectivity index (χ2n) is 3.21. The Kier molecular flexibility index (Phi) is 4.01. The Hall–Kier alpha value is -0.270. The van der Waals surface area contributed by atoms with Crippen LogP contribution in [0.3, 0.4) is 0 Å². The topological polar surface area (TPSA) is 12.9 Å². The molecule has 1 nitrogen and oxygen atoms in total. The maximum absolute atomic E-state index is 6.01. The Bertz CT molecular complexity index is 266. The molecule has 1 heterocycles. The molecule has 0 amide bonds. The van der Waals surface area contributed by atoms with E-state index in [-0.39, 0.29) is 0 Å². The molecule has 0 saturated heterocycles. The van der Waals surface area contributed by atoms with Crippen LogP contribution < -0.4 is 0 Å². The summed E-state index contributed by atoms with van der Waals surface area (Å²) < 4.78 is 0. The van der Waals surface area contributed by atoms with Crippen molar-refractivity contribution in [1.29, 1.82) is 0 Å². The van der Waals surface area contributed by atoms with Crippen molar-refractivity contribution in [2.45, 2.75) is 32.6 Å². The minimum Gasteiger partial charge on any atom is -0.262 e. The van der Waals surface area contributed by atoms with Gasteiger partial charge in [-0.1, -0.05) is 43.5 Å². The molecule has 0 saturated carbocycles. The number of hydrogen-bond donors (Lipinski definition) is 0. The van der Waals surface area contributed by atoms with Crippen LogP contribution in [0, 0.1) is 0 Å². The summed E-state index contributed by atoms with van der Waals surface area (Å²) in [7, 11) is 0. The van der Waals surface area contributed by atoms with E-state index >= 15 is 0 Å². The van der Waals surface area contributed by atoms with Gasteiger partial charge in [-0.25, -0.2) is 0 Å². The smallest absolute Gasteiger partial charge is 0.0638 e. The molecule has 0 aliphatic heterocycles. The molecule has 0 bridgehead atoms. The Balaban J connectivity index is 2.98. The molecule has 0 N–H and O–H groups in total. The molecule has 0 fully saturated rings. The van der Waals surface area contributed by atoms with E-state index < -0.39 is 0 Å². The van der Waals surface area contributed by atoms with E-state index in [1.165, 1.54) is 0 Å². The van der Waals surface area contributed by atoms with Crippen molar-refractivity contribution >= 4 is 23.2 Å². The van der Waals surface area contributed by atoms with Crippen LogP contribution in [0.15, 0.2) is 12.4 Å². The van der Waals surface area contributed by atoms with Crippen molar-refractivity contribution in [1.82, 2.24) is 4.98 Å². The molecule has 1 rings (SSSR count). The fourth-order valence-electron chi connectivity index (χ4n) is 1.47. The van der Waals surface area contributed by atoms with Crippen molar-refractivity contribution in [2.75, 3.05) is 0 Å². The van der Waals surface area contributed by atoms with Crippen LogP contribution in [0.25, 0.3) is 0 Å². The average Bonchev–Trinajstić information content (AvgIpc) is 2.04. The van der Waals surface area contributed by atoms with Gasteiger partial charge in [-0.05, 0) is 17.9 Å². The van der Waals surface area contributed by atoms with Crippen LogP contribution in [0.2, 0.25) is 10.0 Å². The first-order chi connectivity index (χ1) is 6.16. The van der Waals surface area contributed by atoms with E-state index in [4.69, 9.17) is 23.2 Å². The first-order valence-electron chi connectivity index (χ1n) is 4.45. The Labute approximate surface area is 89.1 Å². The molecule has 0 aromatic carbocycles. The van der Waals surface area contributed by atoms with E-state index in [0.717, 1.165) is 18.4 Å². The van der Waals surface area contributed by atoms with Gasteiger partial charge in [0.05, 0.1) is 10.0 Å². The minimum absolute atomic E-state index is 0.410. The van der Waals surface area contributed by atoms with Crippen molar-refractivity contribution in [3.63, 3.8) is 0 Å². The number of aromatic nitrogens is 1. The lowest BCUT2D eigenvalue weighted by Gasteiger charge is -2.13. The monoisotopic (exact) mass is 217 g/mol. The number of rotatable bonds is 3. The quantitative estimate of drug-likeness (QED) is 0.737. The normalized spacial score (nSPS) is 12.9. The summed E-state index contributed by atoms with van der Waals surface area (Å²) in [4.78, 5) is 3.92. The molecule has 1 unspecified atom stereocenters. The molecule has 0 radical (unpaired) electrons. The van der Waals surface area contributed by atoms with E-state index in [1.54, 1.807) is 12.4 Å². The van der Waals surface area contributed by atoms with Crippen molar-refractivity contribution < 1.29 is 0 Å². The summed E-state index contributed by atoms with van der Waals surface area (Å²) in [6.07, 6.45) is 5.53. The molecule has 72 valence electrons. The third kappa shape index (κ3) is 2.58. The zero-order chi connectivity index (χ0) is 9.84. The van der Waals surface area contributed by atoms with Crippen LogP contribution >= 0.6 is 23.2 Å². The summed E-state index contributed by atoms with van der Waals surface area (Å²) in [6.45, 7) is 4.29. The SMILES string of the molecule is CCCC(C)c1c(Cl)cncc1Cl. The minimum atomic E-state index is 0.410. The van der Waals surface area contributed by atoms with E-state index in [0.29, 0.717) is 16.0 Å². The van der Waals surface area contributed by atoms with Crippen molar-refractivity contribution in [3.05, 3.63) is 28.0 Å². The maximum atomic E-state index is 6.01. The first-order valence-corrected chi connectivity index (χ1v) is 5.21. The van der Waals surface area contributed by atoms with Crippen molar-refractivity contribution in [3.8, 4) is 0 Å². The van der Waals surface area contributed by atoms with E-state index in [2.05, 4.69) is 18.8 Å². The van der Waals surface area contributed by atoms with Gasteiger partial charge in [-0.15, -0.1) is 0 Å². The molecule has 1 atom stereocenters. The predicted octanol–water partition coefficient (Wildman–Crippen LogP) is 4.29. The van der Waals surface area contributed by atoms with Gasteiger partial charge in [0.2, 0.25) is 0 Å². The third-order valence-electron chi connectivity index (χ3n) is 2.10. The third-order valence-corrected chi connectivity index (χ3v) is 2.71. The summed E-state index contributed by atoms with van der Waals surface area (Å²) in [5.41, 5.74) is 1.03. The van der Waals surface area contributed by atoms with Crippen LogP contribution in [-0.4, -0.2) is 4.98 Å². The molecule has 13 heavy (non-hydrogen) atoms. The highest BCUT2D eigenvalue weighted by molar-refractivity contribution is 6.35. The van der Waals surface area contributed by atoms with Crippen molar-refractivity contribution in [2.24, 2.45) is 0 Å². The number of pyridine rings is 1. The predicted molar refractivity (Wildman–Crippen MR) is 57.6 cm³/mol. The molecule has 1 aromatic rings. The summed E-state index contributed by atoms with van der Waals surface area (Å²) in [6, 6.07) is 0. The Morgan fingerprint density at radius 1 is 1.31 bits per heavy atom. The lowest BCUT2D eigenvalue weighted by atomic mass is 9.97. The largest absolute Gasteiger partial charge is 0.262 e. The van der Waals surface area contributed by atoms with Gasteiger partial charge < -0.3 is 0 Å². The fourth-order valence-corrected chi connectivity index (χ4v) is 2.21. The molecule has 3 heteroatoms. The second kappa shape index (κ2) is 4.83. The summed E-state index contributed by atoms with van der Waals surface area (Å²) in [5.74, 6) is 0.410. The van der Waals surface area contributed by atoms with Gasteiger partial charge in [0.15, 0.2) is 0 Å². The van der Waals surface area contributed by atoms with E-state index in [9.17, 15) is 0 Å². The number of halogens is 2. The highest BCUT2D eigenvalue weighted by Gasteiger charge is 2.12. The second-order valence-corrected chi connectivity index (χ2v) is 4.02. The zero-order valence-corrected chi connectivity index (χ0v) is 9.36. The molecule has 0 aliphatic carbocycles. The van der Waals surface area contributed by atoms with Crippen LogP contribution in [-0.2, 0) is 0 Å². The molecule has 0 aliphatic rings. The molecule has 1 aromatic heterocycles. The first kappa shape index (κ1) is 10.8. The highest BCUT2D eigenvalue weighted by atomic mass is 35.5. The summed E-state index contributed by atoms with van der Waals surface area (Å²) >= 11 is 12.0. The average molecular weight is 218 g/mol.